The Bertz CT molecular complexity index is 586. The molecule has 0 bridgehead atoms. The molecule has 0 radical (unpaired) electrons. The summed E-state index contributed by atoms with van der Waals surface area (Å²) in [5, 5.41) is 8.92. The van der Waals surface area contributed by atoms with Crippen LogP contribution in [0.1, 0.15) is 15.2 Å². The van der Waals surface area contributed by atoms with Crippen LogP contribution < -0.4 is 4.74 Å². The highest BCUT2D eigenvalue weighted by molar-refractivity contribution is 7.17. The fraction of sp³-hybridized carbons (Fsp3) is 0.154. The lowest BCUT2D eigenvalue weighted by Gasteiger charge is -2.05. The van der Waals surface area contributed by atoms with Gasteiger partial charge >= 0.3 is 5.97 Å². The molecule has 0 aliphatic carbocycles. The number of aromatic carboxylic acids is 1. The molecular weight excluding hydrogens is 236 g/mol. The number of ether oxygens (including phenoxy) is 1. The summed E-state index contributed by atoms with van der Waals surface area (Å²) in [6, 6.07) is 9.49. The van der Waals surface area contributed by atoms with E-state index < -0.39 is 5.97 Å². The van der Waals surface area contributed by atoms with Gasteiger partial charge in [-0.25, -0.2) is 4.79 Å². The van der Waals surface area contributed by atoms with Crippen molar-refractivity contribution in [2.45, 2.75) is 6.42 Å². The molecule has 0 fully saturated rings. The number of benzene rings is 1. The molecule has 0 atom stereocenters. The Morgan fingerprint density at radius 3 is 2.94 bits per heavy atom. The highest BCUT2D eigenvalue weighted by Gasteiger charge is 2.18. The zero-order valence-corrected chi connectivity index (χ0v) is 9.79. The fourth-order valence-electron chi connectivity index (χ4n) is 2.01. The van der Waals surface area contributed by atoms with Crippen molar-refractivity contribution in [1.82, 2.24) is 0 Å². The zero-order chi connectivity index (χ0) is 11.8. The fourth-order valence-corrected chi connectivity index (χ4v) is 2.87. The number of fused-ring (bicyclic) bond motifs is 1. The van der Waals surface area contributed by atoms with E-state index in [0.29, 0.717) is 11.5 Å². The maximum absolute atomic E-state index is 10.9. The van der Waals surface area contributed by atoms with Crippen LogP contribution in [0, 0.1) is 0 Å². The molecule has 0 unspecified atom stereocenters. The van der Waals surface area contributed by atoms with Crippen LogP contribution in [0.15, 0.2) is 30.3 Å². The minimum Gasteiger partial charge on any atom is -0.492 e. The molecule has 0 saturated carbocycles. The summed E-state index contributed by atoms with van der Waals surface area (Å²) < 4.78 is 5.61. The molecule has 4 heteroatoms. The maximum Gasteiger partial charge on any atom is 0.345 e. The van der Waals surface area contributed by atoms with Crippen LogP contribution in [0.5, 0.6) is 5.75 Å². The van der Waals surface area contributed by atoms with Crippen molar-refractivity contribution in [3.05, 3.63) is 40.8 Å². The SMILES string of the molecule is O=C(O)c1ccc(-c2cccc3c2OCC3)s1. The number of carboxylic acid groups (broad SMARTS) is 1. The summed E-state index contributed by atoms with van der Waals surface area (Å²) in [5.74, 6) is 0.0287. The van der Waals surface area contributed by atoms with Gasteiger partial charge in [0.05, 0.1) is 6.61 Å². The van der Waals surface area contributed by atoms with Crippen LogP contribution in [0.4, 0.5) is 0 Å². The van der Waals surface area contributed by atoms with Gasteiger partial charge in [0.15, 0.2) is 0 Å². The highest BCUT2D eigenvalue weighted by atomic mass is 32.1. The lowest BCUT2D eigenvalue weighted by atomic mass is 10.1. The van der Waals surface area contributed by atoms with E-state index in [1.807, 2.05) is 18.2 Å². The average Bonchev–Trinajstić information content (AvgIpc) is 2.97. The van der Waals surface area contributed by atoms with E-state index in [-0.39, 0.29) is 0 Å². The molecule has 3 rings (SSSR count). The third-order valence-electron chi connectivity index (χ3n) is 2.80. The van der Waals surface area contributed by atoms with Gasteiger partial charge in [0.25, 0.3) is 0 Å². The van der Waals surface area contributed by atoms with Gasteiger partial charge in [-0.3, -0.25) is 0 Å². The van der Waals surface area contributed by atoms with Gasteiger partial charge in [0, 0.05) is 16.9 Å². The molecule has 1 aromatic carbocycles. The first kappa shape index (κ1) is 10.4. The first-order valence-corrected chi connectivity index (χ1v) is 6.15. The summed E-state index contributed by atoms with van der Waals surface area (Å²) in [6.07, 6.45) is 0.931. The molecule has 1 aliphatic rings. The van der Waals surface area contributed by atoms with Gasteiger partial charge in [-0.05, 0) is 23.8 Å². The van der Waals surface area contributed by atoms with Gasteiger partial charge in [-0.15, -0.1) is 11.3 Å². The number of carbonyl (C=O) groups is 1. The van der Waals surface area contributed by atoms with Crippen molar-refractivity contribution in [1.29, 1.82) is 0 Å². The van der Waals surface area contributed by atoms with E-state index in [4.69, 9.17) is 9.84 Å². The number of thiophene rings is 1. The second-order valence-corrected chi connectivity index (χ2v) is 4.95. The number of carboxylic acids is 1. The van der Waals surface area contributed by atoms with E-state index in [0.717, 1.165) is 22.6 Å². The van der Waals surface area contributed by atoms with Crippen molar-refractivity contribution in [2.24, 2.45) is 0 Å². The second kappa shape index (κ2) is 3.89. The van der Waals surface area contributed by atoms with Gasteiger partial charge in [0.2, 0.25) is 0 Å². The van der Waals surface area contributed by atoms with E-state index >= 15 is 0 Å². The number of hydrogen-bond acceptors (Lipinski definition) is 3. The summed E-state index contributed by atoms with van der Waals surface area (Å²) in [7, 11) is 0. The zero-order valence-electron chi connectivity index (χ0n) is 8.97. The van der Waals surface area contributed by atoms with Crippen molar-refractivity contribution in [2.75, 3.05) is 6.61 Å². The Kier molecular flexibility index (Phi) is 2.37. The summed E-state index contributed by atoms with van der Waals surface area (Å²) in [5.41, 5.74) is 2.20. The molecule has 17 heavy (non-hydrogen) atoms. The lowest BCUT2D eigenvalue weighted by molar-refractivity contribution is 0.0702. The minimum atomic E-state index is -0.880. The van der Waals surface area contributed by atoms with Crippen molar-refractivity contribution >= 4 is 17.3 Å². The molecule has 2 heterocycles. The predicted octanol–water partition coefficient (Wildman–Crippen LogP) is 3.05. The molecular formula is C13H10O3S. The number of hydrogen-bond donors (Lipinski definition) is 1. The standard InChI is InChI=1S/C13H10O3S/c14-13(15)11-5-4-10(17-11)9-3-1-2-8-6-7-16-12(8)9/h1-5H,6-7H2,(H,14,15). The highest BCUT2D eigenvalue weighted by Crippen LogP contribution is 2.39. The van der Waals surface area contributed by atoms with Gasteiger partial charge in [-0.1, -0.05) is 12.1 Å². The van der Waals surface area contributed by atoms with Gasteiger partial charge < -0.3 is 9.84 Å². The summed E-state index contributed by atoms with van der Waals surface area (Å²) in [4.78, 5) is 12.2. The molecule has 0 amide bonds. The number of para-hydroxylation sites is 1. The van der Waals surface area contributed by atoms with Gasteiger partial charge in [0.1, 0.15) is 10.6 Å². The Balaban J connectivity index is 2.09. The minimum absolute atomic E-state index is 0.357. The molecule has 0 saturated heterocycles. The van der Waals surface area contributed by atoms with E-state index in [2.05, 4.69) is 6.07 Å². The van der Waals surface area contributed by atoms with Crippen LogP contribution in [0.3, 0.4) is 0 Å². The molecule has 1 aliphatic heterocycles. The monoisotopic (exact) mass is 246 g/mol. The average molecular weight is 246 g/mol. The van der Waals surface area contributed by atoms with Crippen molar-refractivity contribution in [3.8, 4) is 16.2 Å². The molecule has 0 spiro atoms. The Hall–Kier alpha value is -1.81. The third kappa shape index (κ3) is 1.70. The van der Waals surface area contributed by atoms with Crippen LogP contribution in [-0.2, 0) is 6.42 Å². The molecule has 1 N–H and O–H groups in total. The second-order valence-electron chi connectivity index (χ2n) is 3.86. The van der Waals surface area contributed by atoms with E-state index in [1.165, 1.54) is 16.9 Å². The van der Waals surface area contributed by atoms with Gasteiger partial charge in [-0.2, -0.15) is 0 Å². The Labute approximate surface area is 102 Å². The van der Waals surface area contributed by atoms with E-state index in [1.54, 1.807) is 6.07 Å². The smallest absolute Gasteiger partial charge is 0.345 e. The van der Waals surface area contributed by atoms with Crippen molar-refractivity contribution < 1.29 is 14.6 Å². The van der Waals surface area contributed by atoms with Crippen LogP contribution in [-0.4, -0.2) is 17.7 Å². The normalized spacial score (nSPS) is 13.2. The van der Waals surface area contributed by atoms with E-state index in [9.17, 15) is 4.79 Å². The molecule has 1 aromatic heterocycles. The molecule has 3 nitrogen and oxygen atoms in total. The van der Waals surface area contributed by atoms with Crippen LogP contribution in [0.2, 0.25) is 0 Å². The Morgan fingerprint density at radius 1 is 1.29 bits per heavy atom. The quantitative estimate of drug-likeness (QED) is 0.885. The number of rotatable bonds is 2. The first-order valence-electron chi connectivity index (χ1n) is 5.34. The summed E-state index contributed by atoms with van der Waals surface area (Å²) in [6.45, 7) is 0.712. The van der Waals surface area contributed by atoms with Crippen molar-refractivity contribution in [3.63, 3.8) is 0 Å². The molecule has 86 valence electrons. The molecule has 2 aromatic rings. The Morgan fingerprint density at radius 2 is 2.18 bits per heavy atom. The largest absolute Gasteiger partial charge is 0.492 e. The maximum atomic E-state index is 10.9. The summed E-state index contributed by atoms with van der Waals surface area (Å²) >= 11 is 1.28. The predicted molar refractivity (Wildman–Crippen MR) is 65.9 cm³/mol. The lowest BCUT2D eigenvalue weighted by Crippen LogP contribution is -1.89. The van der Waals surface area contributed by atoms with Crippen LogP contribution >= 0.6 is 11.3 Å². The first-order chi connectivity index (χ1) is 8.25. The van der Waals surface area contributed by atoms with Crippen LogP contribution in [0.25, 0.3) is 10.4 Å². The third-order valence-corrected chi connectivity index (χ3v) is 3.90. The topological polar surface area (TPSA) is 46.5 Å².